The van der Waals surface area contributed by atoms with Gasteiger partial charge in [0.1, 0.15) is 5.54 Å². The van der Waals surface area contributed by atoms with E-state index in [2.05, 4.69) is 38.6 Å². The van der Waals surface area contributed by atoms with Gasteiger partial charge in [-0.15, -0.1) is 0 Å². The number of amides is 2. The van der Waals surface area contributed by atoms with Crippen molar-refractivity contribution in [3.05, 3.63) is 125 Å². The lowest BCUT2D eigenvalue weighted by Crippen LogP contribution is -2.57. The maximum absolute atomic E-state index is 13.3. The second-order valence-electron chi connectivity index (χ2n) is 14.1. The van der Waals surface area contributed by atoms with Gasteiger partial charge in [-0.25, -0.2) is 0 Å². The van der Waals surface area contributed by atoms with Gasteiger partial charge in [0.25, 0.3) is 0 Å². The van der Waals surface area contributed by atoms with E-state index >= 15 is 0 Å². The van der Waals surface area contributed by atoms with Crippen LogP contribution in [0.2, 0.25) is 0 Å². The number of benzene rings is 4. The molecule has 3 aliphatic heterocycles. The molecule has 2 amide bonds. The molecule has 7 rings (SSSR count). The summed E-state index contributed by atoms with van der Waals surface area (Å²) < 4.78 is 13.4. The molecule has 0 aromatic heterocycles. The van der Waals surface area contributed by atoms with Gasteiger partial charge in [0.2, 0.25) is 11.8 Å². The lowest BCUT2D eigenvalue weighted by Gasteiger charge is -2.45. The number of anilines is 1. The quantitative estimate of drug-likeness (QED) is 0.154. The van der Waals surface area contributed by atoms with Crippen LogP contribution in [0.3, 0.4) is 0 Å². The third-order valence-electron chi connectivity index (χ3n) is 10.6. The molecular formula is C42H46N4O7. The normalized spacial score (nSPS) is 21.3. The molecule has 3 atom stereocenters. The number of aliphatic hydroxyl groups is 1. The van der Waals surface area contributed by atoms with Crippen molar-refractivity contribution in [3.63, 3.8) is 0 Å². The Labute approximate surface area is 309 Å². The number of carbonyl (C=O) groups is 3. The largest absolute Gasteiger partial charge is 0.481 e. The number of carboxylic acids is 1. The fourth-order valence-corrected chi connectivity index (χ4v) is 7.69. The summed E-state index contributed by atoms with van der Waals surface area (Å²) in [6.07, 6.45) is 0.849. The number of likely N-dealkylation sites (tertiary alicyclic amines) is 1. The molecule has 0 radical (unpaired) electrons. The molecule has 4 aromatic rings. The minimum absolute atomic E-state index is 0.0264. The highest BCUT2D eigenvalue weighted by Crippen LogP contribution is 2.41. The van der Waals surface area contributed by atoms with Crippen LogP contribution in [-0.4, -0.2) is 70.8 Å². The summed E-state index contributed by atoms with van der Waals surface area (Å²) in [5, 5.41) is 24.4. The topological polar surface area (TPSA) is 141 Å². The number of carbonyl (C=O) groups excluding carboxylic acids is 2. The number of nitrogens with zero attached hydrogens (tertiary/aromatic N) is 2. The molecule has 0 bridgehead atoms. The molecule has 3 heterocycles. The highest BCUT2D eigenvalue weighted by Gasteiger charge is 2.50. The van der Waals surface area contributed by atoms with E-state index in [1.54, 1.807) is 0 Å². The molecule has 53 heavy (non-hydrogen) atoms. The van der Waals surface area contributed by atoms with Gasteiger partial charge < -0.3 is 40.1 Å². The smallest absolute Gasteiger partial charge is 0.303 e. The number of piperidine rings is 1. The van der Waals surface area contributed by atoms with Gasteiger partial charge in [0.05, 0.1) is 31.9 Å². The third kappa shape index (κ3) is 8.44. The number of hydrogen-bond donors (Lipinski definition) is 4. The van der Waals surface area contributed by atoms with Crippen LogP contribution in [0.4, 0.5) is 5.69 Å². The summed E-state index contributed by atoms with van der Waals surface area (Å²) >= 11 is 0. The van der Waals surface area contributed by atoms with Gasteiger partial charge in [0, 0.05) is 50.3 Å². The molecule has 4 N–H and O–H groups in total. The number of hydrogen-bond acceptors (Lipinski definition) is 8. The fraction of sp³-hybridized carbons (Fsp3) is 0.357. The number of ether oxygens (including phenoxy) is 2. The van der Waals surface area contributed by atoms with Crippen LogP contribution in [0, 0.1) is 0 Å². The summed E-state index contributed by atoms with van der Waals surface area (Å²) in [6, 6.07) is 34.0. The van der Waals surface area contributed by atoms with Gasteiger partial charge in [-0.1, -0.05) is 78.9 Å². The van der Waals surface area contributed by atoms with Crippen molar-refractivity contribution in [3.8, 4) is 11.1 Å². The van der Waals surface area contributed by atoms with Gasteiger partial charge in [-0.3, -0.25) is 14.4 Å². The van der Waals surface area contributed by atoms with Crippen LogP contribution in [0.5, 0.6) is 0 Å². The number of aliphatic hydroxyl groups excluding tert-OH is 1. The molecule has 11 nitrogen and oxygen atoms in total. The van der Waals surface area contributed by atoms with Crippen LogP contribution < -0.4 is 15.5 Å². The molecule has 3 fully saturated rings. The first kappa shape index (κ1) is 36.3. The Morgan fingerprint density at radius 2 is 1.57 bits per heavy atom. The van der Waals surface area contributed by atoms with E-state index in [4.69, 9.17) is 14.6 Å². The van der Waals surface area contributed by atoms with Crippen molar-refractivity contribution >= 4 is 23.5 Å². The molecular weight excluding hydrogens is 672 g/mol. The van der Waals surface area contributed by atoms with Crippen LogP contribution in [0.1, 0.15) is 66.8 Å². The van der Waals surface area contributed by atoms with E-state index < -0.39 is 17.8 Å². The summed E-state index contributed by atoms with van der Waals surface area (Å²) in [4.78, 5) is 40.8. The average molecular weight is 719 g/mol. The van der Waals surface area contributed by atoms with Gasteiger partial charge in [-0.2, -0.15) is 0 Å². The highest BCUT2D eigenvalue weighted by molar-refractivity contribution is 5.93. The van der Waals surface area contributed by atoms with Crippen molar-refractivity contribution in [2.24, 2.45) is 0 Å². The van der Waals surface area contributed by atoms with Crippen molar-refractivity contribution in [1.29, 1.82) is 0 Å². The molecule has 11 heteroatoms. The fourth-order valence-electron chi connectivity index (χ4n) is 7.69. The predicted octanol–water partition coefficient (Wildman–Crippen LogP) is 5.30. The number of rotatable bonds is 12. The van der Waals surface area contributed by atoms with Crippen molar-refractivity contribution in [2.45, 2.75) is 69.3 Å². The zero-order valence-electron chi connectivity index (χ0n) is 29.7. The molecule has 3 saturated heterocycles. The first-order valence-corrected chi connectivity index (χ1v) is 18.3. The van der Waals surface area contributed by atoms with E-state index in [-0.39, 0.29) is 43.5 Å². The molecule has 0 saturated carbocycles. The summed E-state index contributed by atoms with van der Waals surface area (Å²) in [5.74, 6) is -1.20. The zero-order valence-corrected chi connectivity index (χ0v) is 29.7. The molecule has 4 aromatic carbocycles. The Hall–Kier alpha value is -5.07. The third-order valence-corrected chi connectivity index (χ3v) is 10.6. The van der Waals surface area contributed by atoms with E-state index in [0.717, 1.165) is 65.0 Å². The summed E-state index contributed by atoms with van der Waals surface area (Å²) in [7, 11) is 0. The average Bonchev–Trinajstić information content (AvgIpc) is 3.51. The van der Waals surface area contributed by atoms with Crippen LogP contribution in [0.15, 0.2) is 103 Å². The first-order valence-electron chi connectivity index (χ1n) is 18.3. The number of aliphatic carboxylic acids is 1. The second kappa shape index (κ2) is 16.3. The Balaban J connectivity index is 1.06. The number of carboxylic acid groups (broad SMARTS) is 1. The lowest BCUT2D eigenvalue weighted by molar-refractivity contribution is -0.253. The molecule has 3 aliphatic rings. The van der Waals surface area contributed by atoms with E-state index in [9.17, 15) is 19.5 Å². The first-order chi connectivity index (χ1) is 25.8. The standard InChI is InChI=1S/C42H46N4O7/c47-27-29-12-14-31(15-13-29)37-24-36(26-45-20-18-42(19-21-45)41(51)44-28-46(42)35-10-2-1-3-11-35)52-40(53-37)34-9-5-8-33(23-34)32-7-4-6-30(22-32)25-43-38(48)16-17-39(49)50/h1-15,22-23,36-37,40,47H,16-21,24-28H2,(H,43,48)(H,44,51)(H,49,50)/t36-,37+,40+/m0/s1. The zero-order chi connectivity index (χ0) is 36.8. The molecule has 0 aliphatic carbocycles. The summed E-state index contributed by atoms with van der Waals surface area (Å²) in [6.45, 7) is 3.02. The van der Waals surface area contributed by atoms with Crippen molar-refractivity contribution in [1.82, 2.24) is 15.5 Å². The van der Waals surface area contributed by atoms with Gasteiger partial charge >= 0.3 is 5.97 Å². The van der Waals surface area contributed by atoms with Crippen LogP contribution in [-0.2, 0) is 37.0 Å². The molecule has 0 unspecified atom stereocenters. The predicted molar refractivity (Wildman–Crippen MR) is 199 cm³/mol. The van der Waals surface area contributed by atoms with E-state index in [1.165, 1.54) is 0 Å². The van der Waals surface area contributed by atoms with Crippen molar-refractivity contribution in [2.75, 3.05) is 31.2 Å². The van der Waals surface area contributed by atoms with Gasteiger partial charge in [-0.05, 0) is 64.9 Å². The maximum atomic E-state index is 13.3. The Morgan fingerprint density at radius 1 is 0.830 bits per heavy atom. The lowest BCUT2D eigenvalue weighted by atomic mass is 9.85. The second-order valence-corrected chi connectivity index (χ2v) is 14.1. The number of nitrogens with one attached hydrogen (secondary N) is 2. The van der Waals surface area contributed by atoms with Crippen molar-refractivity contribution < 1.29 is 34.1 Å². The Kier molecular flexibility index (Phi) is 11.2. The maximum Gasteiger partial charge on any atom is 0.303 e. The Morgan fingerprint density at radius 3 is 2.30 bits per heavy atom. The SMILES string of the molecule is O=C(O)CCC(=O)NCc1cccc(-c2cccc([C@@H]3O[C@H](CN4CCC5(CC4)C(=O)NCN5c4ccccc4)C[C@H](c4ccc(CO)cc4)O3)c2)c1. The minimum Gasteiger partial charge on any atom is -0.481 e. The number of para-hydroxylation sites is 1. The van der Waals surface area contributed by atoms with E-state index in [0.29, 0.717) is 26.2 Å². The van der Waals surface area contributed by atoms with E-state index in [1.807, 2.05) is 84.9 Å². The van der Waals surface area contributed by atoms with Crippen LogP contribution in [0.25, 0.3) is 11.1 Å². The van der Waals surface area contributed by atoms with Gasteiger partial charge in [0.15, 0.2) is 6.29 Å². The van der Waals surface area contributed by atoms with Crippen LogP contribution >= 0.6 is 0 Å². The highest BCUT2D eigenvalue weighted by atomic mass is 16.7. The summed E-state index contributed by atoms with van der Waals surface area (Å²) in [5.41, 5.74) is 6.08. The molecule has 1 spiro atoms. The Bertz CT molecular complexity index is 1900. The minimum atomic E-state index is -1.00. The monoisotopic (exact) mass is 718 g/mol. The molecule has 276 valence electrons.